The van der Waals surface area contributed by atoms with Crippen LogP contribution in [0.15, 0.2) is 35.5 Å². The van der Waals surface area contributed by atoms with Crippen molar-refractivity contribution >= 4 is 23.6 Å². The number of rotatable bonds is 7. The minimum atomic E-state index is -0.413. The van der Waals surface area contributed by atoms with Gasteiger partial charge in [-0.15, -0.1) is 0 Å². The normalized spacial score (nSPS) is 18.4. The molecule has 6 nitrogen and oxygen atoms in total. The van der Waals surface area contributed by atoms with Crippen LogP contribution in [0.4, 0.5) is 4.79 Å². The van der Waals surface area contributed by atoms with Crippen LogP contribution in [0.5, 0.6) is 0 Å². The number of hydrogen-bond acceptors (Lipinski definition) is 4. The maximum Gasteiger partial charge on any atom is 0.337 e. The molecule has 1 aromatic rings. The molecule has 136 valence electrons. The van der Waals surface area contributed by atoms with Gasteiger partial charge in [0.05, 0.1) is 18.2 Å². The van der Waals surface area contributed by atoms with E-state index in [0.717, 1.165) is 5.56 Å². The lowest BCUT2D eigenvalue weighted by Gasteiger charge is -2.29. The van der Waals surface area contributed by atoms with Crippen LogP contribution in [-0.2, 0) is 9.53 Å². The smallest absolute Gasteiger partial charge is 0.337 e. The summed E-state index contributed by atoms with van der Waals surface area (Å²) in [7, 11) is 0. The third-order valence-corrected chi connectivity index (χ3v) is 4.45. The number of carbonyl (C=O) groups is 2. The molecule has 1 aliphatic heterocycles. The summed E-state index contributed by atoms with van der Waals surface area (Å²) >= 11 is 6.22. The Balaban J connectivity index is 2.21. The first-order valence-electron chi connectivity index (χ1n) is 8.43. The summed E-state index contributed by atoms with van der Waals surface area (Å²) < 4.78 is 5.15. The average molecular weight is 366 g/mol. The third-order valence-electron chi connectivity index (χ3n) is 4.10. The van der Waals surface area contributed by atoms with Crippen molar-refractivity contribution in [2.24, 2.45) is 0 Å². The minimum Gasteiger partial charge on any atom is -0.463 e. The van der Waals surface area contributed by atoms with Gasteiger partial charge in [0.15, 0.2) is 0 Å². The van der Waals surface area contributed by atoms with Gasteiger partial charge in [-0.3, -0.25) is 0 Å². The largest absolute Gasteiger partial charge is 0.463 e. The molecule has 0 saturated carbocycles. The number of amides is 2. The molecule has 2 rings (SSSR count). The van der Waals surface area contributed by atoms with Crippen molar-refractivity contribution in [2.45, 2.75) is 39.3 Å². The molecule has 25 heavy (non-hydrogen) atoms. The Hall–Kier alpha value is -2.05. The summed E-state index contributed by atoms with van der Waals surface area (Å²) in [5, 5.41) is 9.46. The fourth-order valence-electron chi connectivity index (χ4n) is 2.79. The maximum absolute atomic E-state index is 12.3. The second-order valence-corrected chi connectivity index (χ2v) is 6.20. The van der Waals surface area contributed by atoms with E-state index in [0.29, 0.717) is 29.3 Å². The van der Waals surface area contributed by atoms with Gasteiger partial charge in [0, 0.05) is 23.3 Å². The lowest BCUT2D eigenvalue weighted by atomic mass is 10.00. The van der Waals surface area contributed by atoms with Crippen LogP contribution in [0.3, 0.4) is 0 Å². The zero-order chi connectivity index (χ0) is 18.4. The number of nitrogens with one attached hydrogen (secondary N) is 3. The number of benzene rings is 1. The highest BCUT2D eigenvalue weighted by molar-refractivity contribution is 6.31. The molecule has 2 atom stereocenters. The topological polar surface area (TPSA) is 79.5 Å². The van der Waals surface area contributed by atoms with Crippen LogP contribution in [0.25, 0.3) is 0 Å². The molecule has 1 heterocycles. The van der Waals surface area contributed by atoms with Crippen LogP contribution in [0, 0.1) is 0 Å². The van der Waals surface area contributed by atoms with Crippen LogP contribution in [-0.4, -0.2) is 31.2 Å². The predicted octanol–water partition coefficient (Wildman–Crippen LogP) is 2.90. The Bertz CT molecular complexity index is 675. The first-order chi connectivity index (χ1) is 12.0. The summed E-state index contributed by atoms with van der Waals surface area (Å²) in [4.78, 5) is 24.2. The van der Waals surface area contributed by atoms with Crippen molar-refractivity contribution in [2.75, 3.05) is 13.2 Å². The molecule has 1 aromatic carbocycles. The lowest BCUT2D eigenvalue weighted by Crippen LogP contribution is -2.52. The molecule has 0 spiro atoms. The fraction of sp³-hybridized carbons (Fsp3) is 0.444. The molecule has 1 aliphatic rings. The molecule has 0 aromatic heterocycles. The highest BCUT2D eigenvalue weighted by Gasteiger charge is 2.31. The molecule has 0 bridgehead atoms. The van der Waals surface area contributed by atoms with Crippen molar-refractivity contribution in [1.82, 2.24) is 16.0 Å². The Morgan fingerprint density at radius 1 is 1.36 bits per heavy atom. The van der Waals surface area contributed by atoms with E-state index in [1.807, 2.05) is 38.1 Å². The van der Waals surface area contributed by atoms with Gasteiger partial charge in [-0.05, 0) is 31.9 Å². The highest BCUT2D eigenvalue weighted by atomic mass is 35.5. The molecule has 0 fully saturated rings. The van der Waals surface area contributed by atoms with Crippen molar-refractivity contribution in [3.8, 4) is 0 Å². The number of hydrogen-bond donors (Lipinski definition) is 3. The number of carbonyl (C=O) groups excluding carboxylic acids is 2. The molecule has 3 N–H and O–H groups in total. The summed E-state index contributed by atoms with van der Waals surface area (Å²) in [5.74, 6) is -0.413. The highest BCUT2D eigenvalue weighted by Crippen LogP contribution is 2.23. The maximum atomic E-state index is 12.3. The molecule has 0 aliphatic carbocycles. The second kappa shape index (κ2) is 8.87. The van der Waals surface area contributed by atoms with E-state index in [4.69, 9.17) is 16.3 Å². The lowest BCUT2D eigenvalue weighted by molar-refractivity contribution is -0.139. The summed E-state index contributed by atoms with van der Waals surface area (Å²) in [6.07, 6.45) is 0.602. The molecule has 7 heteroatoms. The Labute approximate surface area is 153 Å². The van der Waals surface area contributed by atoms with Gasteiger partial charge in [-0.1, -0.05) is 36.7 Å². The first-order valence-corrected chi connectivity index (χ1v) is 8.81. The Morgan fingerprint density at radius 2 is 2.08 bits per heavy atom. The van der Waals surface area contributed by atoms with Crippen LogP contribution in [0.2, 0.25) is 5.02 Å². The summed E-state index contributed by atoms with van der Waals surface area (Å²) in [5.41, 5.74) is 1.95. The van der Waals surface area contributed by atoms with Crippen molar-refractivity contribution in [3.05, 3.63) is 46.1 Å². The third kappa shape index (κ3) is 4.74. The quantitative estimate of drug-likeness (QED) is 0.649. The first kappa shape index (κ1) is 19.3. The average Bonchev–Trinajstić information content (AvgIpc) is 2.59. The molecular weight excluding hydrogens is 342 g/mol. The van der Waals surface area contributed by atoms with E-state index in [1.165, 1.54) is 0 Å². The summed E-state index contributed by atoms with van der Waals surface area (Å²) in [6.45, 7) is 6.25. The van der Waals surface area contributed by atoms with E-state index in [1.54, 1.807) is 6.92 Å². The minimum absolute atomic E-state index is 0.0449. The van der Waals surface area contributed by atoms with Gasteiger partial charge in [-0.25, -0.2) is 9.59 Å². The zero-order valence-electron chi connectivity index (χ0n) is 14.7. The van der Waals surface area contributed by atoms with Crippen LogP contribution in [0.1, 0.15) is 38.8 Å². The zero-order valence-corrected chi connectivity index (χ0v) is 15.4. The van der Waals surface area contributed by atoms with Crippen LogP contribution < -0.4 is 16.0 Å². The SMILES string of the molecule is CCOC(=O)C1=C(CN[C@@H](C)c2ccccc2Cl)NC(=O)N[C@@H]1CC. The van der Waals surface area contributed by atoms with Crippen molar-refractivity contribution in [3.63, 3.8) is 0 Å². The number of esters is 1. The number of halogens is 1. The van der Waals surface area contributed by atoms with Gasteiger partial charge < -0.3 is 20.7 Å². The van der Waals surface area contributed by atoms with E-state index in [2.05, 4.69) is 16.0 Å². The Morgan fingerprint density at radius 3 is 2.72 bits per heavy atom. The van der Waals surface area contributed by atoms with Gasteiger partial charge in [0.2, 0.25) is 0 Å². The van der Waals surface area contributed by atoms with Crippen LogP contribution >= 0.6 is 11.6 Å². The van der Waals surface area contributed by atoms with Crippen molar-refractivity contribution in [1.29, 1.82) is 0 Å². The number of ether oxygens (including phenoxy) is 1. The predicted molar refractivity (Wildman–Crippen MR) is 97.3 cm³/mol. The molecule has 0 unspecified atom stereocenters. The standard InChI is InChI=1S/C18H24ClN3O3/c1-4-14-16(17(23)25-5-2)15(22-18(24)21-14)10-20-11(3)12-8-6-7-9-13(12)19/h6-9,11,14,20H,4-5,10H2,1-3H3,(H2,21,22,24)/t11-,14+/m0/s1. The van der Waals surface area contributed by atoms with E-state index in [9.17, 15) is 9.59 Å². The van der Waals surface area contributed by atoms with E-state index in [-0.39, 0.29) is 24.7 Å². The van der Waals surface area contributed by atoms with Gasteiger partial charge >= 0.3 is 12.0 Å². The van der Waals surface area contributed by atoms with Gasteiger partial charge in [0.25, 0.3) is 0 Å². The molecule has 0 radical (unpaired) electrons. The monoisotopic (exact) mass is 365 g/mol. The van der Waals surface area contributed by atoms with Gasteiger partial charge in [0.1, 0.15) is 0 Å². The molecule has 2 amide bonds. The number of urea groups is 1. The fourth-order valence-corrected chi connectivity index (χ4v) is 3.09. The second-order valence-electron chi connectivity index (χ2n) is 5.80. The van der Waals surface area contributed by atoms with E-state index < -0.39 is 5.97 Å². The summed E-state index contributed by atoms with van der Waals surface area (Å²) in [6, 6.07) is 6.84. The Kier molecular flexibility index (Phi) is 6.84. The molecular formula is C18H24ClN3O3. The van der Waals surface area contributed by atoms with Crippen molar-refractivity contribution < 1.29 is 14.3 Å². The molecule has 0 saturated heterocycles. The van der Waals surface area contributed by atoms with Gasteiger partial charge in [-0.2, -0.15) is 0 Å². The van der Waals surface area contributed by atoms with E-state index >= 15 is 0 Å².